The summed E-state index contributed by atoms with van der Waals surface area (Å²) in [5, 5.41) is 0.566. The molecule has 3 heteroatoms. The molecule has 0 aliphatic rings. The van der Waals surface area contributed by atoms with Crippen molar-refractivity contribution in [2.24, 2.45) is 0 Å². The van der Waals surface area contributed by atoms with Gasteiger partial charge in [0.05, 0.1) is 18.2 Å². The van der Waals surface area contributed by atoms with Crippen molar-refractivity contribution in [3.05, 3.63) is 23.4 Å². The van der Waals surface area contributed by atoms with Crippen molar-refractivity contribution in [2.75, 3.05) is 7.11 Å². The molecule has 0 atom stereocenters. The van der Waals surface area contributed by atoms with Crippen molar-refractivity contribution in [2.45, 2.75) is 0 Å². The lowest BCUT2D eigenvalue weighted by atomic mass is 10.5. The number of pyridine rings is 1. The number of rotatable bonds is 1. The Morgan fingerprint density at radius 1 is 1.78 bits per heavy atom. The third kappa shape index (κ3) is 1.57. The summed E-state index contributed by atoms with van der Waals surface area (Å²) < 4.78 is 4.74. The molecule has 0 aliphatic heterocycles. The van der Waals surface area contributed by atoms with E-state index in [9.17, 15) is 0 Å². The second-order valence-corrected chi connectivity index (χ2v) is 1.88. The summed E-state index contributed by atoms with van der Waals surface area (Å²) in [6.45, 7) is 0. The zero-order chi connectivity index (χ0) is 6.69. The highest BCUT2D eigenvalue weighted by molar-refractivity contribution is 6.30. The van der Waals surface area contributed by atoms with Crippen molar-refractivity contribution in [1.29, 1.82) is 0 Å². The molecule has 1 heterocycles. The van der Waals surface area contributed by atoms with Crippen LogP contribution in [0, 0.1) is 6.07 Å². The summed E-state index contributed by atoms with van der Waals surface area (Å²) in [5.41, 5.74) is 0. The number of methoxy groups -OCH3 is 1. The maximum Gasteiger partial charge on any atom is 0.221 e. The summed E-state index contributed by atoms with van der Waals surface area (Å²) in [6, 6.07) is 4.33. The Kier molecular flexibility index (Phi) is 1.90. The van der Waals surface area contributed by atoms with Gasteiger partial charge in [-0.25, -0.2) is 4.98 Å². The van der Waals surface area contributed by atoms with E-state index < -0.39 is 0 Å². The fourth-order valence-electron chi connectivity index (χ4n) is 0.437. The molecule has 9 heavy (non-hydrogen) atoms. The van der Waals surface area contributed by atoms with E-state index >= 15 is 0 Å². The summed E-state index contributed by atoms with van der Waals surface area (Å²) >= 11 is 5.52. The van der Waals surface area contributed by atoms with Crippen LogP contribution in [-0.2, 0) is 0 Å². The molecule has 47 valence electrons. The Morgan fingerprint density at radius 3 is 3.00 bits per heavy atom. The fourth-order valence-corrected chi connectivity index (χ4v) is 0.540. The van der Waals surface area contributed by atoms with Crippen molar-refractivity contribution in [3.63, 3.8) is 0 Å². The van der Waals surface area contributed by atoms with Gasteiger partial charge in [-0.05, 0) is 6.07 Å². The van der Waals surface area contributed by atoms with Crippen molar-refractivity contribution in [3.8, 4) is 5.88 Å². The molecular weight excluding hydrogens is 138 g/mol. The molecule has 0 N–H and O–H groups in total. The van der Waals surface area contributed by atoms with E-state index in [0.717, 1.165) is 0 Å². The smallest absolute Gasteiger partial charge is 0.221 e. The van der Waals surface area contributed by atoms with Crippen molar-refractivity contribution >= 4 is 11.6 Å². The molecular formula is C6H5ClNO. The summed E-state index contributed by atoms with van der Waals surface area (Å²) in [6.07, 6.45) is 1.51. The first-order valence-corrected chi connectivity index (χ1v) is 2.78. The Balaban J connectivity index is 2.88. The van der Waals surface area contributed by atoms with Crippen LogP contribution in [0.15, 0.2) is 12.3 Å². The van der Waals surface area contributed by atoms with Crippen LogP contribution in [0.1, 0.15) is 0 Å². The first-order valence-electron chi connectivity index (χ1n) is 2.40. The van der Waals surface area contributed by atoms with Gasteiger partial charge in [-0.3, -0.25) is 0 Å². The first kappa shape index (κ1) is 6.36. The third-order valence-electron chi connectivity index (χ3n) is 0.832. The fraction of sp³-hybridized carbons (Fsp3) is 0.167. The molecule has 0 unspecified atom stereocenters. The van der Waals surface area contributed by atoms with E-state index in [0.29, 0.717) is 10.9 Å². The molecule has 0 spiro atoms. The van der Waals surface area contributed by atoms with Crippen LogP contribution in [0.25, 0.3) is 0 Å². The van der Waals surface area contributed by atoms with Crippen LogP contribution in [0.2, 0.25) is 5.02 Å². The quantitative estimate of drug-likeness (QED) is 0.594. The van der Waals surface area contributed by atoms with Crippen LogP contribution in [0.4, 0.5) is 0 Å². The highest BCUT2D eigenvalue weighted by Gasteiger charge is 1.89. The number of hydrogen-bond acceptors (Lipinski definition) is 2. The first-order chi connectivity index (χ1) is 4.33. The van der Waals surface area contributed by atoms with Gasteiger partial charge in [-0.15, -0.1) is 0 Å². The molecule has 0 saturated heterocycles. The van der Waals surface area contributed by atoms with Gasteiger partial charge in [0, 0.05) is 6.20 Å². The lowest BCUT2D eigenvalue weighted by molar-refractivity contribution is 0.397. The average molecular weight is 143 g/mol. The lowest BCUT2D eigenvalue weighted by Gasteiger charge is -1.94. The van der Waals surface area contributed by atoms with E-state index in [1.54, 1.807) is 6.07 Å². The molecule has 0 amide bonds. The second-order valence-electron chi connectivity index (χ2n) is 1.44. The minimum absolute atomic E-state index is 0.458. The largest absolute Gasteiger partial charge is 0.481 e. The monoisotopic (exact) mass is 142 g/mol. The number of nitrogens with zero attached hydrogens (tertiary/aromatic N) is 1. The summed E-state index contributed by atoms with van der Waals surface area (Å²) in [5.74, 6) is 0.458. The Hall–Kier alpha value is -0.760. The summed E-state index contributed by atoms with van der Waals surface area (Å²) in [7, 11) is 1.53. The summed E-state index contributed by atoms with van der Waals surface area (Å²) in [4.78, 5) is 3.79. The van der Waals surface area contributed by atoms with E-state index in [1.807, 2.05) is 0 Å². The highest BCUT2D eigenvalue weighted by Crippen LogP contribution is 2.09. The maximum absolute atomic E-state index is 5.52. The number of hydrogen-bond donors (Lipinski definition) is 0. The number of halogens is 1. The van der Waals surface area contributed by atoms with E-state index in [1.165, 1.54) is 13.3 Å². The Morgan fingerprint density at radius 2 is 2.56 bits per heavy atom. The molecule has 1 aromatic heterocycles. The van der Waals surface area contributed by atoms with Crippen LogP contribution in [-0.4, -0.2) is 12.1 Å². The van der Waals surface area contributed by atoms with E-state index in [4.69, 9.17) is 16.3 Å². The molecule has 0 bridgehead atoms. The normalized spacial score (nSPS) is 9.11. The molecule has 0 aliphatic carbocycles. The Bertz CT molecular complexity index is 185. The van der Waals surface area contributed by atoms with Gasteiger partial charge in [0.1, 0.15) is 0 Å². The number of ether oxygens (including phenoxy) is 1. The highest BCUT2D eigenvalue weighted by atomic mass is 35.5. The molecule has 1 radical (unpaired) electrons. The van der Waals surface area contributed by atoms with Gasteiger partial charge in [0.25, 0.3) is 0 Å². The predicted octanol–water partition coefficient (Wildman–Crippen LogP) is 1.54. The maximum atomic E-state index is 5.52. The van der Waals surface area contributed by atoms with Gasteiger partial charge in [-0.1, -0.05) is 11.6 Å². The SMILES string of the molecule is COc1[c]cc(Cl)cn1. The Labute approximate surface area is 58.4 Å². The molecule has 1 aromatic rings. The number of aromatic nitrogens is 1. The average Bonchev–Trinajstić information content (AvgIpc) is 1.90. The van der Waals surface area contributed by atoms with Crippen LogP contribution < -0.4 is 4.74 Å². The zero-order valence-electron chi connectivity index (χ0n) is 4.89. The van der Waals surface area contributed by atoms with Gasteiger partial charge in [0.2, 0.25) is 5.88 Å². The molecule has 2 nitrogen and oxygen atoms in total. The molecule has 0 aromatic carbocycles. The third-order valence-corrected chi connectivity index (χ3v) is 1.04. The zero-order valence-corrected chi connectivity index (χ0v) is 5.64. The van der Waals surface area contributed by atoms with Gasteiger partial charge >= 0.3 is 0 Å². The predicted molar refractivity (Wildman–Crippen MR) is 34.6 cm³/mol. The molecule has 0 fully saturated rings. The van der Waals surface area contributed by atoms with Crippen LogP contribution in [0.5, 0.6) is 5.88 Å². The van der Waals surface area contributed by atoms with Crippen LogP contribution >= 0.6 is 11.6 Å². The molecule has 1 rings (SSSR count). The minimum Gasteiger partial charge on any atom is -0.481 e. The van der Waals surface area contributed by atoms with Gasteiger partial charge in [-0.2, -0.15) is 0 Å². The minimum atomic E-state index is 0.458. The standard InChI is InChI=1S/C6H5ClNO/c1-9-6-3-2-5(7)4-8-6/h2,4H,1H3. The van der Waals surface area contributed by atoms with Crippen molar-refractivity contribution in [1.82, 2.24) is 4.98 Å². The van der Waals surface area contributed by atoms with Crippen LogP contribution in [0.3, 0.4) is 0 Å². The topological polar surface area (TPSA) is 22.1 Å². The second kappa shape index (κ2) is 2.69. The van der Waals surface area contributed by atoms with Gasteiger partial charge < -0.3 is 4.74 Å². The van der Waals surface area contributed by atoms with E-state index in [2.05, 4.69) is 11.1 Å². The van der Waals surface area contributed by atoms with Gasteiger partial charge in [0.15, 0.2) is 0 Å². The van der Waals surface area contributed by atoms with Crippen molar-refractivity contribution < 1.29 is 4.74 Å². The molecule has 0 saturated carbocycles. The lowest BCUT2D eigenvalue weighted by Crippen LogP contribution is -1.84. The van der Waals surface area contributed by atoms with E-state index in [-0.39, 0.29) is 0 Å².